The van der Waals surface area contributed by atoms with Gasteiger partial charge in [-0.15, -0.1) is 0 Å². The summed E-state index contributed by atoms with van der Waals surface area (Å²) in [5.41, 5.74) is 0. The Hall–Kier alpha value is -1.18. The molecule has 0 saturated carbocycles. The Bertz CT molecular complexity index is 555. The van der Waals surface area contributed by atoms with Gasteiger partial charge in [0.25, 0.3) is 0 Å². The van der Waals surface area contributed by atoms with Gasteiger partial charge < -0.3 is 0 Å². The Balaban J connectivity index is 0. The standard InChI is InChI=1S/3C8H8.K.Nb.3O/c3*1-2-4-6-8-7-5-3-1;;;;;/h3*1-8H;;;;;/q;;;+1;;;;-1/b3*2-1-,3-1?,4-2?,5-3-,6-4-,7-5?,8-6?,8-7-;;;;;. The van der Waals surface area contributed by atoms with E-state index >= 15 is 0 Å². The zero-order valence-corrected chi connectivity index (χ0v) is 21.9. The van der Waals surface area contributed by atoms with Crippen molar-refractivity contribution >= 4 is 0 Å². The van der Waals surface area contributed by atoms with Gasteiger partial charge in [0, 0.05) is 0 Å². The quantitative estimate of drug-likeness (QED) is 0.488. The first kappa shape index (κ1) is 30.0. The molecule has 3 aliphatic rings. The fraction of sp³-hybridized carbons (Fsp3) is 0. The predicted octanol–water partition coefficient (Wildman–Crippen LogP) is 2.25. The Kier molecular flexibility index (Phi) is 27.8. The van der Waals surface area contributed by atoms with E-state index in [2.05, 4.69) is 0 Å². The van der Waals surface area contributed by atoms with Gasteiger partial charge >= 0.3 is 80.3 Å². The minimum atomic E-state index is -4.20. The summed E-state index contributed by atoms with van der Waals surface area (Å²) in [7, 11) is 0. The van der Waals surface area contributed by atoms with Crippen LogP contribution in [0.2, 0.25) is 0 Å². The van der Waals surface area contributed by atoms with E-state index in [1.54, 1.807) is 0 Å². The van der Waals surface area contributed by atoms with Crippen LogP contribution in [0.4, 0.5) is 0 Å². The summed E-state index contributed by atoms with van der Waals surface area (Å²) in [6.07, 6.45) is 48.0. The topological polar surface area (TPSA) is 57.2 Å². The van der Waals surface area contributed by atoms with Crippen molar-refractivity contribution < 1.29 is 80.3 Å². The fourth-order valence-corrected chi connectivity index (χ4v) is 1.54. The summed E-state index contributed by atoms with van der Waals surface area (Å²) in [6.45, 7) is 0. The van der Waals surface area contributed by atoms with Gasteiger partial charge in [0.15, 0.2) is 0 Å². The number of allylic oxidation sites excluding steroid dienone is 24. The molecular formula is C24H24KNbO3. The maximum absolute atomic E-state index is 8.60. The van der Waals surface area contributed by atoms with Crippen LogP contribution in [0.25, 0.3) is 0 Å². The van der Waals surface area contributed by atoms with Crippen molar-refractivity contribution in [3.63, 3.8) is 0 Å². The van der Waals surface area contributed by atoms with Crippen LogP contribution in [0.15, 0.2) is 146 Å². The molecule has 0 fully saturated rings. The van der Waals surface area contributed by atoms with Gasteiger partial charge in [-0.2, -0.15) is 0 Å². The molecule has 0 amide bonds. The van der Waals surface area contributed by atoms with Crippen molar-refractivity contribution in [1.82, 2.24) is 0 Å². The van der Waals surface area contributed by atoms with Gasteiger partial charge in [-0.25, -0.2) is 0 Å². The van der Waals surface area contributed by atoms with Crippen molar-refractivity contribution in [2.24, 2.45) is 0 Å². The summed E-state index contributed by atoms with van der Waals surface area (Å²) >= 11 is -4.20. The normalized spacial score (nSPS) is 27.3. The first-order valence-electron chi connectivity index (χ1n) is 8.55. The average molecular weight is 492 g/mol. The summed E-state index contributed by atoms with van der Waals surface area (Å²) in [5, 5.41) is 0. The molecule has 0 atom stereocenters. The molecule has 3 rings (SSSR count). The average Bonchev–Trinajstić information content (AvgIpc) is 2.53. The van der Waals surface area contributed by atoms with Crippen LogP contribution in [0.5, 0.6) is 0 Å². The van der Waals surface area contributed by atoms with E-state index in [1.165, 1.54) is 0 Å². The first-order valence-corrected chi connectivity index (χ1v) is 11.2. The van der Waals surface area contributed by atoms with E-state index in [4.69, 9.17) is 10.1 Å². The van der Waals surface area contributed by atoms with Crippen LogP contribution in [0.1, 0.15) is 0 Å². The van der Waals surface area contributed by atoms with Gasteiger partial charge in [-0.1, -0.05) is 146 Å². The van der Waals surface area contributed by atoms with E-state index in [0.717, 1.165) is 0 Å². The molecule has 3 nitrogen and oxygen atoms in total. The molecule has 0 radical (unpaired) electrons. The van der Waals surface area contributed by atoms with Crippen LogP contribution < -0.4 is 55.0 Å². The molecular weight excluding hydrogens is 468 g/mol. The zero-order valence-electron chi connectivity index (χ0n) is 16.5. The molecule has 0 aromatic carbocycles. The molecule has 0 N–H and O–H groups in total. The maximum atomic E-state index is 8.60. The molecule has 0 spiro atoms. The SMILES string of the molecule is C1=C\C=C/C=C\C=C/1.C1=C\C=C/C=C\C=C/1.C1=C\C=C/C=C\C=C/1.[K+].[O]=[Nb](=[O])[O-]. The third kappa shape index (κ3) is 31.7. The molecule has 0 unspecified atom stereocenters. The first-order chi connectivity index (χ1) is 13.7. The Labute approximate surface area is 223 Å². The second kappa shape index (κ2) is 26.8. The molecule has 29 heavy (non-hydrogen) atoms. The number of hydrogen-bond donors (Lipinski definition) is 0. The van der Waals surface area contributed by atoms with Gasteiger partial charge in [-0.05, 0) is 0 Å². The molecule has 0 bridgehead atoms. The molecule has 0 aliphatic heterocycles. The van der Waals surface area contributed by atoms with Gasteiger partial charge in [-0.3, -0.25) is 0 Å². The Morgan fingerprint density at radius 3 is 0.379 bits per heavy atom. The third-order valence-corrected chi connectivity index (χ3v) is 2.67. The summed E-state index contributed by atoms with van der Waals surface area (Å²) in [5.74, 6) is 0. The van der Waals surface area contributed by atoms with Crippen LogP contribution >= 0.6 is 0 Å². The Morgan fingerprint density at radius 2 is 0.345 bits per heavy atom. The zero-order chi connectivity index (χ0) is 20.5. The summed E-state index contributed by atoms with van der Waals surface area (Å²) in [6, 6.07) is 0. The molecule has 5 heteroatoms. The van der Waals surface area contributed by atoms with Crippen LogP contribution in [0.3, 0.4) is 0 Å². The van der Waals surface area contributed by atoms with Crippen molar-refractivity contribution in [2.75, 3.05) is 0 Å². The summed E-state index contributed by atoms with van der Waals surface area (Å²) < 4.78 is 25.8. The van der Waals surface area contributed by atoms with Crippen LogP contribution in [-0.2, 0) is 25.3 Å². The van der Waals surface area contributed by atoms with Crippen molar-refractivity contribution in [2.45, 2.75) is 0 Å². The van der Waals surface area contributed by atoms with E-state index < -0.39 is 18.8 Å². The molecule has 0 saturated heterocycles. The van der Waals surface area contributed by atoms with E-state index in [0.29, 0.717) is 0 Å². The van der Waals surface area contributed by atoms with Gasteiger partial charge in [0.1, 0.15) is 0 Å². The molecule has 3 aliphatic carbocycles. The van der Waals surface area contributed by atoms with Crippen LogP contribution in [0, 0.1) is 0 Å². The number of hydrogen-bond acceptors (Lipinski definition) is 3. The number of rotatable bonds is 0. The molecule has 144 valence electrons. The van der Waals surface area contributed by atoms with E-state index in [1.807, 2.05) is 146 Å². The minimum absolute atomic E-state index is 0. The van der Waals surface area contributed by atoms with Gasteiger partial charge in [0.05, 0.1) is 0 Å². The van der Waals surface area contributed by atoms with Crippen molar-refractivity contribution in [1.29, 1.82) is 0 Å². The van der Waals surface area contributed by atoms with Crippen LogP contribution in [-0.4, -0.2) is 0 Å². The van der Waals surface area contributed by atoms with Crippen molar-refractivity contribution in [3.8, 4) is 0 Å². The summed E-state index contributed by atoms with van der Waals surface area (Å²) in [4.78, 5) is 0. The molecule has 0 aromatic heterocycles. The third-order valence-electron chi connectivity index (χ3n) is 2.67. The predicted molar refractivity (Wildman–Crippen MR) is 111 cm³/mol. The molecule has 0 heterocycles. The van der Waals surface area contributed by atoms with E-state index in [-0.39, 0.29) is 51.4 Å². The fourth-order valence-electron chi connectivity index (χ4n) is 1.54. The molecule has 0 aromatic rings. The van der Waals surface area contributed by atoms with E-state index in [9.17, 15) is 0 Å². The monoisotopic (exact) mass is 492 g/mol. The second-order valence-electron chi connectivity index (χ2n) is 4.84. The van der Waals surface area contributed by atoms with Crippen molar-refractivity contribution in [3.05, 3.63) is 146 Å². The van der Waals surface area contributed by atoms with Gasteiger partial charge in [0.2, 0.25) is 0 Å². The Morgan fingerprint density at radius 1 is 0.310 bits per heavy atom. The second-order valence-corrected chi connectivity index (χ2v) is 5.94.